The Morgan fingerprint density at radius 1 is 1.35 bits per heavy atom. The molecule has 1 aliphatic rings. The van der Waals surface area contributed by atoms with Crippen molar-refractivity contribution in [3.05, 3.63) is 12.2 Å². The number of carbonyl (C=O) groups excluding carboxylic acids is 1. The molecule has 0 aliphatic heterocycles. The van der Waals surface area contributed by atoms with Gasteiger partial charge < -0.3 is 10.4 Å². The summed E-state index contributed by atoms with van der Waals surface area (Å²) in [4.78, 5) is 22.4. The highest BCUT2D eigenvalue weighted by atomic mass is 16.4. The molecule has 0 fully saturated rings. The van der Waals surface area contributed by atoms with Crippen LogP contribution in [0.25, 0.3) is 0 Å². The molecule has 0 radical (unpaired) electrons. The first-order valence-electron chi connectivity index (χ1n) is 7.64. The Morgan fingerprint density at radius 2 is 2.10 bits per heavy atom. The van der Waals surface area contributed by atoms with E-state index < -0.39 is 5.97 Å². The molecule has 114 valence electrons. The van der Waals surface area contributed by atoms with Crippen molar-refractivity contribution < 1.29 is 14.7 Å². The quantitative estimate of drug-likeness (QED) is 0.638. The minimum atomic E-state index is -0.743. The highest BCUT2D eigenvalue weighted by molar-refractivity contribution is 5.76. The summed E-state index contributed by atoms with van der Waals surface area (Å²) >= 11 is 0. The van der Waals surface area contributed by atoms with Gasteiger partial charge in [0.2, 0.25) is 5.91 Å². The van der Waals surface area contributed by atoms with Gasteiger partial charge in [-0.1, -0.05) is 26.0 Å². The molecule has 0 aromatic rings. The normalized spacial score (nSPS) is 19.2. The summed E-state index contributed by atoms with van der Waals surface area (Å²) in [5, 5.41) is 11.7. The van der Waals surface area contributed by atoms with Gasteiger partial charge in [0, 0.05) is 19.4 Å². The molecule has 20 heavy (non-hydrogen) atoms. The zero-order valence-corrected chi connectivity index (χ0v) is 12.6. The number of carboxylic acid groups (broad SMARTS) is 1. The van der Waals surface area contributed by atoms with Gasteiger partial charge in [-0.3, -0.25) is 9.59 Å². The average Bonchev–Trinajstić information content (AvgIpc) is 2.85. The van der Waals surface area contributed by atoms with Gasteiger partial charge in [0.05, 0.1) is 0 Å². The topological polar surface area (TPSA) is 66.4 Å². The van der Waals surface area contributed by atoms with Gasteiger partial charge in [0.1, 0.15) is 0 Å². The molecule has 0 aromatic heterocycles. The molecule has 0 saturated carbocycles. The van der Waals surface area contributed by atoms with Gasteiger partial charge in [-0.25, -0.2) is 0 Å². The minimum absolute atomic E-state index is 0.113. The van der Waals surface area contributed by atoms with E-state index >= 15 is 0 Å². The lowest BCUT2D eigenvalue weighted by atomic mass is 9.88. The van der Waals surface area contributed by atoms with Crippen molar-refractivity contribution >= 4 is 11.9 Å². The number of hydrogen-bond acceptors (Lipinski definition) is 2. The summed E-state index contributed by atoms with van der Waals surface area (Å²) < 4.78 is 0. The molecule has 1 aliphatic carbocycles. The van der Waals surface area contributed by atoms with E-state index in [1.54, 1.807) is 0 Å². The zero-order valence-electron chi connectivity index (χ0n) is 12.6. The van der Waals surface area contributed by atoms with Gasteiger partial charge in [-0.2, -0.15) is 0 Å². The summed E-state index contributed by atoms with van der Waals surface area (Å²) in [7, 11) is 0. The van der Waals surface area contributed by atoms with Crippen LogP contribution in [-0.4, -0.2) is 23.5 Å². The largest absolute Gasteiger partial charge is 0.481 e. The number of allylic oxidation sites excluding steroid dienone is 2. The van der Waals surface area contributed by atoms with E-state index in [2.05, 4.69) is 31.3 Å². The first-order valence-corrected chi connectivity index (χ1v) is 7.64. The Balaban J connectivity index is 2.20. The van der Waals surface area contributed by atoms with Crippen LogP contribution in [0.3, 0.4) is 0 Å². The van der Waals surface area contributed by atoms with E-state index in [-0.39, 0.29) is 12.3 Å². The molecule has 0 heterocycles. The van der Waals surface area contributed by atoms with Crippen LogP contribution in [0.5, 0.6) is 0 Å². The molecule has 2 atom stereocenters. The van der Waals surface area contributed by atoms with Crippen molar-refractivity contribution in [3.8, 4) is 0 Å². The fourth-order valence-corrected chi connectivity index (χ4v) is 2.69. The minimum Gasteiger partial charge on any atom is -0.481 e. The number of amides is 1. The maximum Gasteiger partial charge on any atom is 0.303 e. The maximum absolute atomic E-state index is 11.8. The lowest BCUT2D eigenvalue weighted by molar-refractivity contribution is -0.137. The standard InChI is InChI=1S/C16H27NO3/c1-12(2)14(7-8-16(19)20)9-10-17-15(18)11-13-5-3-4-6-13/h3,5,12-14H,4,6-11H2,1-2H3,(H,17,18)(H,19,20). The molecule has 0 spiro atoms. The average molecular weight is 281 g/mol. The third kappa shape index (κ3) is 6.73. The van der Waals surface area contributed by atoms with Crippen molar-refractivity contribution in [2.75, 3.05) is 6.54 Å². The van der Waals surface area contributed by atoms with Gasteiger partial charge in [-0.15, -0.1) is 0 Å². The summed E-state index contributed by atoms with van der Waals surface area (Å²) in [6.07, 6.45) is 8.78. The highest BCUT2D eigenvalue weighted by Gasteiger charge is 2.16. The van der Waals surface area contributed by atoms with Crippen molar-refractivity contribution in [1.29, 1.82) is 0 Å². The smallest absolute Gasteiger partial charge is 0.303 e. The molecular weight excluding hydrogens is 254 g/mol. The number of hydrogen-bond donors (Lipinski definition) is 2. The van der Waals surface area contributed by atoms with E-state index in [0.29, 0.717) is 37.1 Å². The van der Waals surface area contributed by atoms with Gasteiger partial charge in [0.25, 0.3) is 0 Å². The summed E-state index contributed by atoms with van der Waals surface area (Å²) in [6, 6.07) is 0. The summed E-state index contributed by atoms with van der Waals surface area (Å²) in [5.41, 5.74) is 0. The van der Waals surface area contributed by atoms with Crippen LogP contribution in [0.15, 0.2) is 12.2 Å². The summed E-state index contributed by atoms with van der Waals surface area (Å²) in [5.74, 6) is 0.583. The molecule has 0 saturated heterocycles. The van der Waals surface area contributed by atoms with Gasteiger partial charge in [-0.05, 0) is 43.4 Å². The third-order valence-corrected chi connectivity index (χ3v) is 4.07. The lowest BCUT2D eigenvalue weighted by Crippen LogP contribution is -2.28. The zero-order chi connectivity index (χ0) is 15.0. The van der Waals surface area contributed by atoms with E-state index in [0.717, 1.165) is 19.3 Å². The maximum atomic E-state index is 11.8. The first-order chi connectivity index (χ1) is 9.49. The Labute approximate surface area is 121 Å². The Hall–Kier alpha value is -1.32. The van der Waals surface area contributed by atoms with Crippen molar-refractivity contribution in [3.63, 3.8) is 0 Å². The fraction of sp³-hybridized carbons (Fsp3) is 0.750. The van der Waals surface area contributed by atoms with E-state index in [1.165, 1.54) is 0 Å². The Bertz CT molecular complexity index is 350. The molecule has 2 N–H and O–H groups in total. The first kappa shape index (κ1) is 16.7. The van der Waals surface area contributed by atoms with Crippen molar-refractivity contribution in [1.82, 2.24) is 5.32 Å². The molecule has 4 heteroatoms. The van der Waals surface area contributed by atoms with E-state index in [1.807, 2.05) is 0 Å². The molecule has 1 amide bonds. The number of carboxylic acids is 1. The van der Waals surface area contributed by atoms with Crippen molar-refractivity contribution in [2.24, 2.45) is 17.8 Å². The Kier molecular flexibility index (Phi) is 7.34. The van der Waals surface area contributed by atoms with Gasteiger partial charge in [0.15, 0.2) is 0 Å². The van der Waals surface area contributed by atoms with Crippen LogP contribution in [0.2, 0.25) is 0 Å². The van der Waals surface area contributed by atoms with Crippen LogP contribution >= 0.6 is 0 Å². The fourth-order valence-electron chi connectivity index (χ4n) is 2.69. The molecule has 1 rings (SSSR count). The predicted molar refractivity (Wildman–Crippen MR) is 79.3 cm³/mol. The van der Waals surface area contributed by atoms with Crippen molar-refractivity contribution in [2.45, 2.75) is 52.4 Å². The lowest BCUT2D eigenvalue weighted by Gasteiger charge is -2.20. The van der Waals surface area contributed by atoms with E-state index in [4.69, 9.17) is 5.11 Å². The molecule has 4 nitrogen and oxygen atoms in total. The van der Waals surface area contributed by atoms with E-state index in [9.17, 15) is 9.59 Å². The number of aliphatic carboxylic acids is 1. The highest BCUT2D eigenvalue weighted by Crippen LogP contribution is 2.21. The van der Waals surface area contributed by atoms with Crippen LogP contribution in [0, 0.1) is 17.8 Å². The number of nitrogens with one attached hydrogen (secondary N) is 1. The SMILES string of the molecule is CC(C)C(CCNC(=O)CC1C=CCC1)CCC(=O)O. The second-order valence-corrected chi connectivity index (χ2v) is 6.04. The second-order valence-electron chi connectivity index (χ2n) is 6.04. The molecular formula is C16H27NO3. The van der Waals surface area contributed by atoms with Crippen LogP contribution in [0.1, 0.15) is 52.4 Å². The number of rotatable bonds is 9. The molecule has 2 unspecified atom stereocenters. The third-order valence-electron chi connectivity index (χ3n) is 4.07. The molecule has 0 aromatic carbocycles. The van der Waals surface area contributed by atoms with Crippen LogP contribution in [0.4, 0.5) is 0 Å². The number of carbonyl (C=O) groups is 2. The predicted octanol–water partition coefficient (Wildman–Crippen LogP) is 2.99. The molecule has 0 bridgehead atoms. The Morgan fingerprint density at radius 3 is 2.65 bits per heavy atom. The second kappa shape index (κ2) is 8.77. The monoisotopic (exact) mass is 281 g/mol. The van der Waals surface area contributed by atoms with Crippen LogP contribution in [-0.2, 0) is 9.59 Å². The van der Waals surface area contributed by atoms with Crippen LogP contribution < -0.4 is 5.32 Å². The summed E-state index contributed by atoms with van der Waals surface area (Å²) in [6.45, 7) is 4.87. The van der Waals surface area contributed by atoms with Gasteiger partial charge >= 0.3 is 5.97 Å².